The van der Waals surface area contributed by atoms with E-state index in [-0.39, 0.29) is 5.91 Å². The molecule has 0 spiro atoms. The number of nitrogens with zero attached hydrogens (tertiary/aromatic N) is 2. The van der Waals surface area contributed by atoms with E-state index in [0.29, 0.717) is 12.1 Å². The fourth-order valence-corrected chi connectivity index (χ4v) is 2.41. The fourth-order valence-electron chi connectivity index (χ4n) is 2.41. The number of hydrogen-bond donors (Lipinski definition) is 2. The lowest BCUT2D eigenvalue weighted by atomic mass is 10.1. The number of anilines is 1. The van der Waals surface area contributed by atoms with Gasteiger partial charge in [-0.05, 0) is 30.3 Å². The molecule has 0 bridgehead atoms. The maximum Gasteiger partial charge on any atom is 0.252 e. The second kappa shape index (κ2) is 6.88. The van der Waals surface area contributed by atoms with E-state index in [9.17, 15) is 4.79 Å². The van der Waals surface area contributed by atoms with Gasteiger partial charge in [0.15, 0.2) is 0 Å². The molecule has 1 aromatic heterocycles. The van der Waals surface area contributed by atoms with Crippen molar-refractivity contribution in [3.05, 3.63) is 59.9 Å². The van der Waals surface area contributed by atoms with E-state index in [2.05, 4.69) is 27.1 Å². The number of aromatic nitrogens is 2. The predicted molar refractivity (Wildman–Crippen MR) is 96.1 cm³/mol. The molecule has 0 radical (unpaired) electrons. The molecule has 0 aliphatic carbocycles. The summed E-state index contributed by atoms with van der Waals surface area (Å²) in [5, 5.41) is 2.81. The first-order chi connectivity index (χ1) is 11.6. The molecule has 0 saturated carbocycles. The topological polar surface area (TPSA) is 61.0 Å². The van der Waals surface area contributed by atoms with Crippen LogP contribution in [0, 0.1) is 11.8 Å². The lowest BCUT2D eigenvalue weighted by Crippen LogP contribution is -2.23. The summed E-state index contributed by atoms with van der Waals surface area (Å²) in [4.78, 5) is 21.3. The molecule has 1 amide bonds. The van der Waals surface area contributed by atoms with Gasteiger partial charge < -0.3 is 15.2 Å². The highest BCUT2D eigenvalue weighted by atomic mass is 16.1. The van der Waals surface area contributed by atoms with Gasteiger partial charge in [0.05, 0.1) is 29.6 Å². The average Bonchev–Trinajstić information content (AvgIpc) is 3.06. The Bertz CT molecular complexity index is 931. The summed E-state index contributed by atoms with van der Waals surface area (Å²) >= 11 is 0. The van der Waals surface area contributed by atoms with Gasteiger partial charge in [-0.2, -0.15) is 0 Å². The first kappa shape index (κ1) is 15.6. The Hall–Kier alpha value is -3.26. The smallest absolute Gasteiger partial charge is 0.252 e. The van der Waals surface area contributed by atoms with E-state index >= 15 is 0 Å². The van der Waals surface area contributed by atoms with Crippen molar-refractivity contribution in [2.24, 2.45) is 0 Å². The number of imidazole rings is 1. The van der Waals surface area contributed by atoms with Crippen LogP contribution in [0.4, 0.5) is 5.69 Å². The minimum atomic E-state index is -0.151. The molecule has 120 valence electrons. The molecule has 1 heterocycles. The number of H-pyrrole nitrogens is 1. The van der Waals surface area contributed by atoms with Gasteiger partial charge in [-0.3, -0.25) is 4.79 Å². The van der Waals surface area contributed by atoms with Crippen molar-refractivity contribution in [3.63, 3.8) is 0 Å². The lowest BCUT2D eigenvalue weighted by molar-refractivity contribution is 0.0959. The summed E-state index contributed by atoms with van der Waals surface area (Å²) in [5.74, 6) is 5.95. The number of fused-ring (bicyclic) bond motifs is 1. The van der Waals surface area contributed by atoms with Gasteiger partial charge in [-0.15, -0.1) is 0 Å². The van der Waals surface area contributed by atoms with Crippen LogP contribution in [0.5, 0.6) is 0 Å². The average molecular weight is 318 g/mol. The van der Waals surface area contributed by atoms with Crippen LogP contribution in [0.15, 0.2) is 48.8 Å². The minimum Gasteiger partial charge on any atom is -0.377 e. The zero-order valence-corrected chi connectivity index (χ0v) is 13.6. The molecule has 0 fully saturated rings. The molecule has 2 aromatic carbocycles. The second-order valence-electron chi connectivity index (χ2n) is 5.53. The molecule has 3 aromatic rings. The van der Waals surface area contributed by atoms with E-state index < -0.39 is 0 Å². The van der Waals surface area contributed by atoms with Crippen LogP contribution >= 0.6 is 0 Å². The third kappa shape index (κ3) is 3.39. The number of para-hydroxylation sites is 1. The molecule has 5 nitrogen and oxygen atoms in total. The zero-order chi connectivity index (χ0) is 16.9. The van der Waals surface area contributed by atoms with E-state index in [1.165, 1.54) is 0 Å². The van der Waals surface area contributed by atoms with Crippen molar-refractivity contribution in [3.8, 4) is 11.8 Å². The minimum absolute atomic E-state index is 0.151. The molecule has 24 heavy (non-hydrogen) atoms. The monoisotopic (exact) mass is 318 g/mol. The van der Waals surface area contributed by atoms with E-state index in [1.807, 2.05) is 49.3 Å². The molecule has 0 aliphatic heterocycles. The van der Waals surface area contributed by atoms with Crippen LogP contribution in [0.25, 0.3) is 11.0 Å². The van der Waals surface area contributed by atoms with Gasteiger partial charge in [-0.25, -0.2) is 4.98 Å². The Labute approximate surface area is 140 Å². The molecular weight excluding hydrogens is 300 g/mol. The van der Waals surface area contributed by atoms with Crippen molar-refractivity contribution in [1.82, 2.24) is 15.3 Å². The Morgan fingerprint density at radius 2 is 2.08 bits per heavy atom. The number of nitrogens with one attached hydrogen (secondary N) is 2. The summed E-state index contributed by atoms with van der Waals surface area (Å²) < 4.78 is 0. The van der Waals surface area contributed by atoms with E-state index in [0.717, 1.165) is 22.3 Å². The second-order valence-corrected chi connectivity index (χ2v) is 5.53. The molecule has 3 rings (SSSR count). The van der Waals surface area contributed by atoms with Crippen molar-refractivity contribution in [2.45, 2.75) is 0 Å². The zero-order valence-electron chi connectivity index (χ0n) is 13.6. The molecule has 0 aliphatic rings. The maximum absolute atomic E-state index is 12.2. The lowest BCUT2D eigenvalue weighted by Gasteiger charge is -2.13. The number of amides is 1. The van der Waals surface area contributed by atoms with Crippen molar-refractivity contribution in [2.75, 3.05) is 25.5 Å². The van der Waals surface area contributed by atoms with E-state index in [4.69, 9.17) is 0 Å². The van der Waals surface area contributed by atoms with Crippen molar-refractivity contribution < 1.29 is 4.79 Å². The van der Waals surface area contributed by atoms with Crippen LogP contribution in [0.1, 0.15) is 15.9 Å². The molecule has 0 saturated heterocycles. The quantitative estimate of drug-likeness (QED) is 0.729. The van der Waals surface area contributed by atoms with Crippen LogP contribution in [-0.2, 0) is 0 Å². The summed E-state index contributed by atoms with van der Waals surface area (Å²) in [5.41, 5.74) is 4.26. The van der Waals surface area contributed by atoms with Crippen LogP contribution < -0.4 is 10.2 Å². The largest absolute Gasteiger partial charge is 0.377 e. The standard InChI is InChI=1S/C19H18N4O/c1-23(2)18-8-4-3-6-14(18)7-5-11-20-19(24)15-9-10-16-17(12-15)22-13-21-16/h3-4,6,8-10,12-13H,11H2,1-2H3,(H,20,24)(H,21,22). The highest BCUT2D eigenvalue weighted by Gasteiger charge is 2.06. The van der Waals surface area contributed by atoms with Gasteiger partial charge in [0, 0.05) is 25.2 Å². The van der Waals surface area contributed by atoms with Gasteiger partial charge in [0.25, 0.3) is 5.91 Å². The highest BCUT2D eigenvalue weighted by Crippen LogP contribution is 2.16. The molecule has 5 heteroatoms. The fraction of sp³-hybridized carbons (Fsp3) is 0.158. The maximum atomic E-state index is 12.2. The van der Waals surface area contributed by atoms with Gasteiger partial charge in [0.1, 0.15) is 0 Å². The van der Waals surface area contributed by atoms with Gasteiger partial charge in [-0.1, -0.05) is 24.0 Å². The first-order valence-electron chi connectivity index (χ1n) is 7.62. The number of carbonyl (C=O) groups excluding carboxylic acids is 1. The third-order valence-electron chi connectivity index (χ3n) is 3.63. The molecule has 0 atom stereocenters. The Morgan fingerprint density at radius 1 is 1.25 bits per heavy atom. The summed E-state index contributed by atoms with van der Waals surface area (Å²) in [6.45, 7) is 0.293. The van der Waals surface area contributed by atoms with Crippen LogP contribution in [0.3, 0.4) is 0 Å². The molecular formula is C19H18N4O. The number of rotatable bonds is 3. The number of hydrogen-bond acceptors (Lipinski definition) is 3. The molecule has 0 unspecified atom stereocenters. The number of benzene rings is 2. The number of aromatic amines is 1. The Kier molecular flexibility index (Phi) is 4.48. The van der Waals surface area contributed by atoms with Crippen LogP contribution in [0.2, 0.25) is 0 Å². The summed E-state index contributed by atoms with van der Waals surface area (Å²) in [6.07, 6.45) is 1.61. The molecule has 2 N–H and O–H groups in total. The normalized spacial score (nSPS) is 10.1. The third-order valence-corrected chi connectivity index (χ3v) is 3.63. The summed E-state index contributed by atoms with van der Waals surface area (Å²) in [6, 6.07) is 13.3. The Balaban J connectivity index is 1.65. The van der Waals surface area contributed by atoms with Gasteiger partial charge >= 0.3 is 0 Å². The predicted octanol–water partition coefficient (Wildman–Crippen LogP) is 2.41. The van der Waals surface area contributed by atoms with E-state index in [1.54, 1.807) is 18.5 Å². The van der Waals surface area contributed by atoms with Crippen molar-refractivity contribution in [1.29, 1.82) is 0 Å². The van der Waals surface area contributed by atoms with Crippen molar-refractivity contribution >= 4 is 22.6 Å². The highest BCUT2D eigenvalue weighted by molar-refractivity contribution is 5.97. The van der Waals surface area contributed by atoms with Gasteiger partial charge in [0.2, 0.25) is 0 Å². The SMILES string of the molecule is CN(C)c1ccccc1C#CCNC(=O)c1ccc2nc[nH]c2c1. The first-order valence-corrected chi connectivity index (χ1v) is 7.62. The number of carbonyl (C=O) groups is 1. The van der Waals surface area contributed by atoms with Crippen LogP contribution in [-0.4, -0.2) is 36.5 Å². The summed E-state index contributed by atoms with van der Waals surface area (Å²) in [7, 11) is 3.96. The Morgan fingerprint density at radius 3 is 2.92 bits per heavy atom.